The molecule has 0 unspecified atom stereocenters. The molecular formula is C20H22N4OS2. The number of fused-ring (bicyclic) bond motifs is 1. The Balaban J connectivity index is 1.66. The zero-order chi connectivity index (χ0) is 18.8. The smallest absolute Gasteiger partial charge is 0.264 e. The molecule has 0 atom stereocenters. The second-order valence-electron chi connectivity index (χ2n) is 6.70. The molecule has 5 nitrogen and oxygen atoms in total. The number of amides is 1. The molecule has 0 spiro atoms. The van der Waals surface area contributed by atoms with Gasteiger partial charge in [-0.2, -0.15) is 0 Å². The van der Waals surface area contributed by atoms with Crippen LogP contribution in [-0.2, 0) is 6.54 Å². The van der Waals surface area contributed by atoms with Gasteiger partial charge in [-0.15, -0.1) is 11.3 Å². The first-order valence-corrected chi connectivity index (χ1v) is 11.1. The van der Waals surface area contributed by atoms with Crippen LogP contribution in [0.25, 0.3) is 10.2 Å². The third kappa shape index (κ3) is 3.80. The molecule has 3 aromatic rings. The van der Waals surface area contributed by atoms with Crippen molar-refractivity contribution in [2.24, 2.45) is 0 Å². The number of hydrogen-bond donors (Lipinski definition) is 0. The van der Waals surface area contributed by atoms with Crippen LogP contribution in [-0.4, -0.2) is 47.2 Å². The van der Waals surface area contributed by atoms with Crippen molar-refractivity contribution in [3.8, 4) is 0 Å². The van der Waals surface area contributed by atoms with Crippen molar-refractivity contribution in [2.45, 2.75) is 24.5 Å². The summed E-state index contributed by atoms with van der Waals surface area (Å²) in [5.41, 5.74) is 1.12. The Morgan fingerprint density at radius 3 is 2.67 bits per heavy atom. The van der Waals surface area contributed by atoms with Gasteiger partial charge in [0, 0.05) is 26.7 Å². The molecule has 0 radical (unpaired) electrons. The molecule has 0 saturated carbocycles. The lowest BCUT2D eigenvalue weighted by molar-refractivity contribution is 0.0790. The van der Waals surface area contributed by atoms with E-state index in [1.54, 1.807) is 16.7 Å². The minimum absolute atomic E-state index is 0.0277. The number of nitrogens with zero attached hydrogens (tertiary/aromatic N) is 4. The summed E-state index contributed by atoms with van der Waals surface area (Å²) in [6.45, 7) is 2.63. The predicted octanol–water partition coefficient (Wildman–Crippen LogP) is 4.29. The van der Waals surface area contributed by atoms with E-state index in [2.05, 4.69) is 9.88 Å². The number of benzene rings is 1. The van der Waals surface area contributed by atoms with Crippen LogP contribution in [0.5, 0.6) is 0 Å². The van der Waals surface area contributed by atoms with Gasteiger partial charge in [-0.1, -0.05) is 42.1 Å². The summed E-state index contributed by atoms with van der Waals surface area (Å²) >= 11 is 3.01. The highest BCUT2D eigenvalue weighted by Gasteiger charge is 2.22. The number of aromatic nitrogens is 2. The Labute approximate surface area is 167 Å². The highest BCUT2D eigenvalue weighted by atomic mass is 32.2. The van der Waals surface area contributed by atoms with Crippen molar-refractivity contribution >= 4 is 45.0 Å². The fourth-order valence-corrected chi connectivity index (χ4v) is 4.81. The maximum absolute atomic E-state index is 13.0. The quantitative estimate of drug-likeness (QED) is 0.474. The molecule has 1 aromatic carbocycles. The second kappa shape index (κ2) is 7.86. The Bertz CT molecular complexity index is 951. The summed E-state index contributed by atoms with van der Waals surface area (Å²) in [6, 6.07) is 12.0. The van der Waals surface area contributed by atoms with E-state index >= 15 is 0 Å². The predicted molar refractivity (Wildman–Crippen MR) is 113 cm³/mol. The van der Waals surface area contributed by atoms with Crippen molar-refractivity contribution in [3.63, 3.8) is 0 Å². The van der Waals surface area contributed by atoms with Crippen LogP contribution < -0.4 is 4.90 Å². The van der Waals surface area contributed by atoms with Gasteiger partial charge < -0.3 is 9.80 Å². The fourth-order valence-electron chi connectivity index (χ4n) is 3.37. The number of hydrogen-bond acceptors (Lipinski definition) is 6. The molecule has 140 valence electrons. The Kier molecular flexibility index (Phi) is 5.31. The number of carbonyl (C=O) groups is 1. The highest BCUT2D eigenvalue weighted by molar-refractivity contribution is 7.98. The van der Waals surface area contributed by atoms with E-state index < -0.39 is 0 Å². The van der Waals surface area contributed by atoms with Crippen molar-refractivity contribution in [3.05, 3.63) is 46.8 Å². The van der Waals surface area contributed by atoms with Crippen molar-refractivity contribution in [1.82, 2.24) is 14.9 Å². The van der Waals surface area contributed by atoms with E-state index in [4.69, 9.17) is 4.98 Å². The maximum Gasteiger partial charge on any atom is 0.264 e. The number of rotatable bonds is 5. The first-order chi connectivity index (χ1) is 13.2. The van der Waals surface area contributed by atoms with Crippen LogP contribution >= 0.6 is 23.1 Å². The number of anilines is 1. The molecule has 4 rings (SSSR count). The monoisotopic (exact) mass is 398 g/mol. The van der Waals surface area contributed by atoms with E-state index in [9.17, 15) is 4.79 Å². The average molecular weight is 399 g/mol. The summed E-state index contributed by atoms with van der Waals surface area (Å²) in [6.07, 6.45) is 4.37. The summed E-state index contributed by atoms with van der Waals surface area (Å²) < 4.78 is 0. The molecule has 1 fully saturated rings. The molecule has 27 heavy (non-hydrogen) atoms. The third-order valence-electron chi connectivity index (χ3n) is 4.76. The summed E-state index contributed by atoms with van der Waals surface area (Å²) in [4.78, 5) is 28.1. The maximum atomic E-state index is 13.0. The molecule has 1 aliphatic heterocycles. The van der Waals surface area contributed by atoms with Crippen LogP contribution in [0, 0.1) is 0 Å². The SMILES string of the molecule is CSc1nc(N2CCCC2)c2cc(C(=O)N(C)Cc3ccccc3)sc2n1. The van der Waals surface area contributed by atoms with E-state index in [1.807, 2.05) is 49.7 Å². The summed E-state index contributed by atoms with van der Waals surface area (Å²) in [5, 5.41) is 1.76. The number of thiophene rings is 1. The van der Waals surface area contributed by atoms with Gasteiger partial charge >= 0.3 is 0 Å². The van der Waals surface area contributed by atoms with Gasteiger partial charge in [0.2, 0.25) is 0 Å². The van der Waals surface area contributed by atoms with Crippen LogP contribution in [0.4, 0.5) is 5.82 Å². The van der Waals surface area contributed by atoms with E-state index in [0.717, 1.165) is 44.7 Å². The fraction of sp³-hybridized carbons (Fsp3) is 0.350. The molecule has 0 bridgehead atoms. The zero-order valence-electron chi connectivity index (χ0n) is 15.5. The van der Waals surface area contributed by atoms with E-state index in [1.165, 1.54) is 24.2 Å². The zero-order valence-corrected chi connectivity index (χ0v) is 17.1. The molecule has 0 aliphatic carbocycles. The Morgan fingerprint density at radius 1 is 1.22 bits per heavy atom. The van der Waals surface area contributed by atoms with Crippen LogP contribution in [0.3, 0.4) is 0 Å². The van der Waals surface area contributed by atoms with E-state index in [-0.39, 0.29) is 5.91 Å². The molecule has 2 aromatic heterocycles. The standard InChI is InChI=1S/C20H22N4OS2/c1-23(13-14-8-4-3-5-9-14)19(25)16-12-15-17(24-10-6-7-11-24)21-20(26-2)22-18(15)27-16/h3-5,8-9,12H,6-7,10-11,13H2,1-2H3. The van der Waals surface area contributed by atoms with E-state index in [0.29, 0.717) is 6.54 Å². The molecule has 0 N–H and O–H groups in total. The lowest BCUT2D eigenvalue weighted by Gasteiger charge is -2.17. The first kappa shape index (κ1) is 18.3. The van der Waals surface area contributed by atoms with Crippen molar-refractivity contribution < 1.29 is 4.79 Å². The van der Waals surface area contributed by atoms with Gasteiger partial charge in [-0.3, -0.25) is 4.79 Å². The molecule has 1 saturated heterocycles. The lowest BCUT2D eigenvalue weighted by Crippen LogP contribution is -2.25. The molecule has 3 heterocycles. The normalized spacial score (nSPS) is 14.1. The minimum atomic E-state index is 0.0277. The van der Waals surface area contributed by atoms with Gasteiger partial charge in [0.1, 0.15) is 10.6 Å². The Morgan fingerprint density at radius 2 is 1.96 bits per heavy atom. The molecule has 7 heteroatoms. The number of carbonyl (C=O) groups excluding carboxylic acids is 1. The molecule has 1 amide bonds. The summed E-state index contributed by atoms with van der Waals surface area (Å²) in [5.74, 6) is 1.00. The molecular weight excluding hydrogens is 376 g/mol. The Hall–Kier alpha value is -2.12. The van der Waals surface area contributed by atoms with Gasteiger partial charge in [0.05, 0.1) is 10.3 Å². The first-order valence-electron chi connectivity index (χ1n) is 9.05. The topological polar surface area (TPSA) is 49.3 Å². The van der Waals surface area contributed by atoms with Crippen LogP contribution in [0.1, 0.15) is 28.1 Å². The van der Waals surface area contributed by atoms with Crippen molar-refractivity contribution in [2.75, 3.05) is 31.3 Å². The van der Waals surface area contributed by atoms with Crippen LogP contribution in [0.15, 0.2) is 41.6 Å². The lowest BCUT2D eigenvalue weighted by atomic mass is 10.2. The summed E-state index contributed by atoms with van der Waals surface area (Å²) in [7, 11) is 1.85. The van der Waals surface area contributed by atoms with Gasteiger partial charge in [-0.25, -0.2) is 9.97 Å². The van der Waals surface area contributed by atoms with Gasteiger partial charge in [-0.05, 0) is 30.7 Å². The largest absolute Gasteiger partial charge is 0.356 e. The minimum Gasteiger partial charge on any atom is -0.356 e. The number of thioether (sulfide) groups is 1. The van der Waals surface area contributed by atoms with Crippen molar-refractivity contribution in [1.29, 1.82) is 0 Å². The highest BCUT2D eigenvalue weighted by Crippen LogP contribution is 2.34. The molecule has 1 aliphatic rings. The third-order valence-corrected chi connectivity index (χ3v) is 6.32. The average Bonchev–Trinajstić information content (AvgIpc) is 3.37. The second-order valence-corrected chi connectivity index (χ2v) is 8.51. The van der Waals surface area contributed by atoms with Gasteiger partial charge in [0.25, 0.3) is 5.91 Å². The van der Waals surface area contributed by atoms with Crippen LogP contribution in [0.2, 0.25) is 0 Å². The van der Waals surface area contributed by atoms with Gasteiger partial charge in [0.15, 0.2) is 5.16 Å².